The molecule has 0 aromatic carbocycles. The van der Waals surface area contributed by atoms with Crippen molar-refractivity contribution in [1.82, 2.24) is 0 Å². The summed E-state index contributed by atoms with van der Waals surface area (Å²) in [5.41, 5.74) is 1.29. The molecule has 2 atom stereocenters. The Kier molecular flexibility index (Phi) is 5.22. The van der Waals surface area contributed by atoms with Gasteiger partial charge in [-0.05, 0) is 32.1 Å². The van der Waals surface area contributed by atoms with Crippen molar-refractivity contribution in [3.05, 3.63) is 12.2 Å². The van der Waals surface area contributed by atoms with Gasteiger partial charge in [-0.2, -0.15) is 0 Å². The Morgan fingerprint density at radius 1 is 1.45 bits per heavy atom. The zero-order valence-electron chi connectivity index (χ0n) is 7.93. The Morgan fingerprint density at radius 3 is 2.36 bits per heavy atom. The summed E-state index contributed by atoms with van der Waals surface area (Å²) in [6, 6.07) is 0. The summed E-state index contributed by atoms with van der Waals surface area (Å²) in [5.74, 6) is 0.572. The van der Waals surface area contributed by atoms with Crippen LogP contribution in [0.2, 0.25) is 0 Å². The van der Waals surface area contributed by atoms with Crippen molar-refractivity contribution in [2.75, 3.05) is 0 Å². The lowest BCUT2D eigenvalue weighted by Gasteiger charge is -2.13. The first-order chi connectivity index (χ1) is 5.06. The summed E-state index contributed by atoms with van der Waals surface area (Å²) in [6.07, 6.45) is 2.83. The van der Waals surface area contributed by atoms with Gasteiger partial charge < -0.3 is 5.11 Å². The molecular formula is C10H20O. The van der Waals surface area contributed by atoms with Gasteiger partial charge in [0.05, 0.1) is 6.10 Å². The minimum Gasteiger partial charge on any atom is -0.393 e. The Balaban J connectivity index is 3.51. The van der Waals surface area contributed by atoms with Crippen LogP contribution in [0.1, 0.15) is 40.0 Å². The summed E-state index contributed by atoms with van der Waals surface area (Å²) in [6.45, 7) is 10.1. The van der Waals surface area contributed by atoms with Gasteiger partial charge in [0.25, 0.3) is 0 Å². The van der Waals surface area contributed by atoms with Crippen molar-refractivity contribution in [2.45, 2.75) is 46.1 Å². The van der Waals surface area contributed by atoms with E-state index < -0.39 is 0 Å². The number of allylic oxidation sites excluding steroid dienone is 1. The fourth-order valence-corrected chi connectivity index (χ4v) is 1.30. The van der Waals surface area contributed by atoms with Crippen LogP contribution in [0.4, 0.5) is 0 Å². The minimum absolute atomic E-state index is 0.172. The van der Waals surface area contributed by atoms with Crippen molar-refractivity contribution in [3.8, 4) is 0 Å². The van der Waals surface area contributed by atoms with Gasteiger partial charge in [0.1, 0.15) is 0 Å². The van der Waals surface area contributed by atoms with Crippen molar-refractivity contribution < 1.29 is 5.11 Å². The fraction of sp³-hybridized carbons (Fsp3) is 0.800. The molecule has 0 aromatic rings. The molecule has 0 saturated heterocycles. The predicted molar refractivity (Wildman–Crippen MR) is 49.5 cm³/mol. The second-order valence-corrected chi connectivity index (χ2v) is 3.50. The molecule has 1 nitrogen and oxygen atoms in total. The highest BCUT2D eigenvalue weighted by atomic mass is 16.3. The smallest absolute Gasteiger partial charge is 0.0514 e. The van der Waals surface area contributed by atoms with Gasteiger partial charge in [0, 0.05) is 0 Å². The quantitative estimate of drug-likeness (QED) is 0.607. The van der Waals surface area contributed by atoms with Gasteiger partial charge in [-0.15, -0.1) is 0 Å². The maximum Gasteiger partial charge on any atom is 0.0514 e. The second-order valence-electron chi connectivity index (χ2n) is 3.50. The SMILES string of the molecule is C=C(CC)CC(C)CC(C)O. The van der Waals surface area contributed by atoms with E-state index in [9.17, 15) is 0 Å². The van der Waals surface area contributed by atoms with E-state index in [1.54, 1.807) is 0 Å². The Labute approximate surface area is 70.1 Å². The lowest BCUT2D eigenvalue weighted by molar-refractivity contribution is 0.164. The number of aliphatic hydroxyl groups excluding tert-OH is 1. The van der Waals surface area contributed by atoms with Gasteiger partial charge in [-0.25, -0.2) is 0 Å². The third kappa shape index (κ3) is 6.11. The number of rotatable bonds is 5. The van der Waals surface area contributed by atoms with E-state index in [2.05, 4.69) is 20.4 Å². The molecule has 11 heavy (non-hydrogen) atoms. The molecule has 1 heteroatoms. The van der Waals surface area contributed by atoms with E-state index in [1.165, 1.54) is 5.57 Å². The molecule has 0 saturated carbocycles. The molecule has 0 fully saturated rings. The number of hydrogen-bond acceptors (Lipinski definition) is 1. The first kappa shape index (κ1) is 10.7. The molecular weight excluding hydrogens is 136 g/mol. The van der Waals surface area contributed by atoms with Crippen LogP contribution in [-0.2, 0) is 0 Å². The molecule has 0 radical (unpaired) electrons. The molecule has 0 spiro atoms. The Hall–Kier alpha value is -0.300. The van der Waals surface area contributed by atoms with Crippen molar-refractivity contribution in [1.29, 1.82) is 0 Å². The van der Waals surface area contributed by atoms with E-state index in [0.29, 0.717) is 5.92 Å². The van der Waals surface area contributed by atoms with Gasteiger partial charge in [-0.3, -0.25) is 0 Å². The van der Waals surface area contributed by atoms with Crippen LogP contribution in [0.15, 0.2) is 12.2 Å². The lowest BCUT2D eigenvalue weighted by atomic mass is 9.96. The van der Waals surface area contributed by atoms with E-state index >= 15 is 0 Å². The van der Waals surface area contributed by atoms with Crippen LogP contribution in [0.25, 0.3) is 0 Å². The molecule has 2 unspecified atom stereocenters. The van der Waals surface area contributed by atoms with Crippen molar-refractivity contribution in [3.63, 3.8) is 0 Å². The summed E-state index contributed by atoms with van der Waals surface area (Å²) >= 11 is 0. The average Bonchev–Trinajstić information content (AvgIpc) is 1.85. The van der Waals surface area contributed by atoms with Crippen LogP contribution in [0.3, 0.4) is 0 Å². The van der Waals surface area contributed by atoms with Gasteiger partial charge in [0.15, 0.2) is 0 Å². The standard InChI is InChI=1S/C10H20O/c1-5-8(2)6-9(3)7-10(4)11/h9-11H,2,5-7H2,1,3-4H3. The molecule has 1 N–H and O–H groups in total. The van der Waals surface area contributed by atoms with Gasteiger partial charge in [0.2, 0.25) is 0 Å². The van der Waals surface area contributed by atoms with Crippen LogP contribution >= 0.6 is 0 Å². The molecule has 0 aliphatic carbocycles. The van der Waals surface area contributed by atoms with Gasteiger partial charge in [-0.1, -0.05) is 26.0 Å². The Bertz CT molecular complexity index is 116. The van der Waals surface area contributed by atoms with Crippen LogP contribution < -0.4 is 0 Å². The molecule has 0 heterocycles. The average molecular weight is 156 g/mol. The van der Waals surface area contributed by atoms with E-state index in [-0.39, 0.29) is 6.10 Å². The first-order valence-corrected chi connectivity index (χ1v) is 4.41. The topological polar surface area (TPSA) is 20.2 Å². The predicted octanol–water partition coefficient (Wildman–Crippen LogP) is 2.75. The summed E-state index contributed by atoms with van der Waals surface area (Å²) < 4.78 is 0. The third-order valence-electron chi connectivity index (χ3n) is 1.88. The third-order valence-corrected chi connectivity index (χ3v) is 1.88. The maximum absolute atomic E-state index is 9.08. The zero-order valence-corrected chi connectivity index (χ0v) is 7.93. The molecule has 0 aromatic heterocycles. The van der Waals surface area contributed by atoms with Crippen LogP contribution in [-0.4, -0.2) is 11.2 Å². The Morgan fingerprint density at radius 2 is 2.00 bits per heavy atom. The largest absolute Gasteiger partial charge is 0.393 e. The fourth-order valence-electron chi connectivity index (χ4n) is 1.30. The summed E-state index contributed by atoms with van der Waals surface area (Å²) in [5, 5.41) is 9.08. The molecule has 0 amide bonds. The second kappa shape index (κ2) is 5.36. The first-order valence-electron chi connectivity index (χ1n) is 4.41. The van der Waals surface area contributed by atoms with Crippen molar-refractivity contribution in [2.24, 2.45) is 5.92 Å². The summed E-state index contributed by atoms with van der Waals surface area (Å²) in [4.78, 5) is 0. The molecule has 0 aliphatic heterocycles. The highest BCUT2D eigenvalue weighted by Gasteiger charge is 2.06. The lowest BCUT2D eigenvalue weighted by Crippen LogP contribution is -2.07. The number of aliphatic hydroxyl groups is 1. The van der Waals surface area contributed by atoms with Gasteiger partial charge >= 0.3 is 0 Å². The highest BCUT2D eigenvalue weighted by Crippen LogP contribution is 2.16. The zero-order chi connectivity index (χ0) is 8.85. The van der Waals surface area contributed by atoms with E-state index in [4.69, 9.17) is 5.11 Å². The van der Waals surface area contributed by atoms with E-state index in [0.717, 1.165) is 19.3 Å². The van der Waals surface area contributed by atoms with Crippen LogP contribution in [0.5, 0.6) is 0 Å². The molecule has 0 bridgehead atoms. The van der Waals surface area contributed by atoms with Crippen LogP contribution in [0, 0.1) is 5.92 Å². The molecule has 66 valence electrons. The number of hydrogen-bond donors (Lipinski definition) is 1. The monoisotopic (exact) mass is 156 g/mol. The maximum atomic E-state index is 9.08. The van der Waals surface area contributed by atoms with E-state index in [1.807, 2.05) is 6.92 Å². The van der Waals surface area contributed by atoms with Crippen molar-refractivity contribution >= 4 is 0 Å². The minimum atomic E-state index is -0.172. The summed E-state index contributed by atoms with van der Waals surface area (Å²) in [7, 11) is 0. The highest BCUT2D eigenvalue weighted by molar-refractivity contribution is 4.93. The normalized spacial score (nSPS) is 16.0. The molecule has 0 aliphatic rings. The molecule has 0 rings (SSSR count).